The topological polar surface area (TPSA) is 35.5 Å². The third-order valence-corrected chi connectivity index (χ3v) is 4.71. The predicted molar refractivity (Wildman–Crippen MR) is 65.5 cm³/mol. The van der Waals surface area contributed by atoms with Crippen molar-refractivity contribution in [2.75, 3.05) is 13.2 Å². The van der Waals surface area contributed by atoms with E-state index in [0.29, 0.717) is 19.6 Å². The molecule has 1 aromatic rings. The first kappa shape index (κ1) is 11.4. The van der Waals surface area contributed by atoms with Crippen molar-refractivity contribution in [3.8, 4) is 0 Å². The summed E-state index contributed by atoms with van der Waals surface area (Å²) in [6.45, 7) is 3.22. The van der Waals surface area contributed by atoms with Crippen LogP contribution in [0, 0.1) is 0 Å². The van der Waals surface area contributed by atoms with Crippen LogP contribution in [0.1, 0.15) is 46.3 Å². The summed E-state index contributed by atoms with van der Waals surface area (Å²) in [6, 6.07) is 2.00. The van der Waals surface area contributed by atoms with Crippen LogP contribution in [-0.2, 0) is 21.7 Å². The van der Waals surface area contributed by atoms with E-state index in [1.54, 1.807) is 11.3 Å². The molecule has 1 spiro atoms. The van der Waals surface area contributed by atoms with E-state index in [4.69, 9.17) is 9.47 Å². The molecule has 0 bridgehead atoms. The number of carbonyl (C=O) groups is 1. The average Bonchev–Trinajstić information content (AvgIpc) is 2.96. The predicted octanol–water partition coefficient (Wildman–Crippen LogP) is 2.88. The lowest BCUT2D eigenvalue weighted by atomic mass is 9.92. The highest BCUT2D eigenvalue weighted by atomic mass is 32.1. The van der Waals surface area contributed by atoms with Crippen LogP contribution in [0.5, 0.6) is 0 Å². The molecule has 4 heteroatoms. The molecule has 1 aromatic heterocycles. The minimum absolute atomic E-state index is 0.220. The maximum absolute atomic E-state index is 11.8. The molecule has 0 atom stereocenters. The molecule has 0 radical (unpaired) electrons. The molecule has 1 fully saturated rings. The molecule has 3 rings (SSSR count). The summed E-state index contributed by atoms with van der Waals surface area (Å²) in [6.07, 6.45) is 3.60. The molecule has 1 aliphatic carbocycles. The van der Waals surface area contributed by atoms with Gasteiger partial charge in [-0.15, -0.1) is 11.3 Å². The Hall–Kier alpha value is -0.710. The summed E-state index contributed by atoms with van der Waals surface area (Å²) >= 11 is 1.62. The van der Waals surface area contributed by atoms with Gasteiger partial charge in [0, 0.05) is 23.3 Å². The van der Waals surface area contributed by atoms with Gasteiger partial charge in [0.2, 0.25) is 0 Å². The largest absolute Gasteiger partial charge is 0.343 e. The lowest BCUT2D eigenvalue weighted by Gasteiger charge is -2.31. The van der Waals surface area contributed by atoms with Crippen LogP contribution in [0.3, 0.4) is 0 Å². The Bertz CT molecular complexity index is 444. The van der Waals surface area contributed by atoms with Crippen molar-refractivity contribution in [1.29, 1.82) is 0 Å². The van der Waals surface area contributed by atoms with Gasteiger partial charge in [0.25, 0.3) is 0 Å². The van der Waals surface area contributed by atoms with Gasteiger partial charge in [-0.25, -0.2) is 0 Å². The van der Waals surface area contributed by atoms with Gasteiger partial charge in [-0.3, -0.25) is 4.79 Å². The summed E-state index contributed by atoms with van der Waals surface area (Å²) in [5, 5.41) is 0. The van der Waals surface area contributed by atoms with Crippen molar-refractivity contribution in [2.24, 2.45) is 0 Å². The van der Waals surface area contributed by atoms with Crippen molar-refractivity contribution in [1.82, 2.24) is 0 Å². The minimum Gasteiger partial charge on any atom is -0.343 e. The second-order valence-corrected chi connectivity index (χ2v) is 5.66. The van der Waals surface area contributed by atoms with Gasteiger partial charge in [0.15, 0.2) is 11.6 Å². The van der Waals surface area contributed by atoms with Gasteiger partial charge < -0.3 is 9.47 Å². The third-order valence-electron chi connectivity index (χ3n) is 3.48. The molecular weight excluding hydrogens is 236 g/mol. The normalized spacial score (nSPS) is 21.7. The molecule has 2 aliphatic rings. The van der Waals surface area contributed by atoms with Crippen LogP contribution in [0.25, 0.3) is 0 Å². The van der Waals surface area contributed by atoms with Crippen molar-refractivity contribution >= 4 is 17.1 Å². The highest BCUT2D eigenvalue weighted by molar-refractivity contribution is 7.14. The standard InChI is InChI=1S/C13H16O3S/c1-2-10(14)12-8-9-11(17-12)4-3-5-13(9)15-6-7-16-13/h8H,2-7H2,1H3. The second-order valence-electron chi connectivity index (χ2n) is 4.53. The van der Waals surface area contributed by atoms with Gasteiger partial charge in [-0.2, -0.15) is 0 Å². The van der Waals surface area contributed by atoms with Crippen LogP contribution in [0.15, 0.2) is 6.07 Å². The Kier molecular flexibility index (Phi) is 2.81. The van der Waals surface area contributed by atoms with E-state index in [-0.39, 0.29) is 5.78 Å². The zero-order valence-electron chi connectivity index (χ0n) is 9.95. The molecule has 0 unspecified atom stereocenters. The third kappa shape index (κ3) is 1.75. The number of ether oxygens (including phenoxy) is 2. The second kappa shape index (κ2) is 4.19. The fraction of sp³-hybridized carbons (Fsp3) is 0.615. The lowest BCUT2D eigenvalue weighted by molar-refractivity contribution is -0.175. The highest BCUT2D eigenvalue weighted by Crippen LogP contribution is 2.45. The monoisotopic (exact) mass is 252 g/mol. The van der Waals surface area contributed by atoms with E-state index >= 15 is 0 Å². The Balaban J connectivity index is 2.02. The van der Waals surface area contributed by atoms with Crippen molar-refractivity contribution in [3.05, 3.63) is 21.4 Å². The Morgan fingerprint density at radius 2 is 2.24 bits per heavy atom. The molecule has 92 valence electrons. The zero-order chi connectivity index (χ0) is 11.9. The van der Waals surface area contributed by atoms with Crippen molar-refractivity contribution in [3.63, 3.8) is 0 Å². The fourth-order valence-electron chi connectivity index (χ4n) is 2.62. The number of thiophene rings is 1. The number of aryl methyl sites for hydroxylation is 1. The molecule has 3 nitrogen and oxygen atoms in total. The first-order chi connectivity index (χ1) is 8.25. The van der Waals surface area contributed by atoms with E-state index < -0.39 is 5.79 Å². The smallest absolute Gasteiger partial charge is 0.196 e. The summed E-state index contributed by atoms with van der Waals surface area (Å²) in [7, 11) is 0. The van der Waals surface area contributed by atoms with E-state index in [1.807, 2.05) is 13.0 Å². The van der Waals surface area contributed by atoms with Crippen molar-refractivity contribution < 1.29 is 14.3 Å². The quantitative estimate of drug-likeness (QED) is 0.759. The maximum atomic E-state index is 11.8. The lowest BCUT2D eigenvalue weighted by Crippen LogP contribution is -2.30. The molecule has 1 aliphatic heterocycles. The molecular formula is C13H16O3S. The van der Waals surface area contributed by atoms with Crippen LogP contribution >= 0.6 is 11.3 Å². The summed E-state index contributed by atoms with van der Waals surface area (Å²) in [5.41, 5.74) is 1.11. The van der Waals surface area contributed by atoms with Gasteiger partial charge in [0.05, 0.1) is 18.1 Å². The zero-order valence-corrected chi connectivity index (χ0v) is 10.8. The van der Waals surface area contributed by atoms with Crippen LogP contribution in [-0.4, -0.2) is 19.0 Å². The molecule has 2 heterocycles. The van der Waals surface area contributed by atoms with Crippen LogP contribution in [0.4, 0.5) is 0 Å². The summed E-state index contributed by atoms with van der Waals surface area (Å²) in [5.74, 6) is -0.311. The van der Waals surface area contributed by atoms with Gasteiger partial charge in [-0.05, 0) is 18.9 Å². The first-order valence-corrected chi connectivity index (χ1v) is 7.01. The first-order valence-electron chi connectivity index (χ1n) is 6.19. The molecule has 1 saturated heterocycles. The summed E-state index contributed by atoms with van der Waals surface area (Å²) < 4.78 is 11.6. The Morgan fingerprint density at radius 3 is 2.94 bits per heavy atom. The average molecular weight is 252 g/mol. The number of hydrogen-bond donors (Lipinski definition) is 0. The Labute approximate surface area is 105 Å². The molecule has 17 heavy (non-hydrogen) atoms. The van der Waals surface area contributed by atoms with Gasteiger partial charge in [-0.1, -0.05) is 6.92 Å². The number of hydrogen-bond acceptors (Lipinski definition) is 4. The van der Waals surface area contributed by atoms with Crippen molar-refractivity contribution in [2.45, 2.75) is 38.4 Å². The van der Waals surface area contributed by atoms with E-state index in [0.717, 1.165) is 29.7 Å². The molecule has 0 saturated carbocycles. The minimum atomic E-state index is -0.531. The van der Waals surface area contributed by atoms with E-state index in [9.17, 15) is 4.79 Å². The van der Waals surface area contributed by atoms with Gasteiger partial charge in [0.1, 0.15) is 0 Å². The fourth-order valence-corrected chi connectivity index (χ4v) is 3.89. The van der Waals surface area contributed by atoms with E-state index in [1.165, 1.54) is 4.88 Å². The van der Waals surface area contributed by atoms with Crippen LogP contribution < -0.4 is 0 Å². The number of rotatable bonds is 2. The molecule has 0 aromatic carbocycles. The number of ketones is 1. The number of fused-ring (bicyclic) bond motifs is 2. The Morgan fingerprint density at radius 1 is 1.47 bits per heavy atom. The maximum Gasteiger partial charge on any atom is 0.196 e. The van der Waals surface area contributed by atoms with Crippen LogP contribution in [0.2, 0.25) is 0 Å². The highest BCUT2D eigenvalue weighted by Gasteiger charge is 2.43. The summed E-state index contributed by atoms with van der Waals surface area (Å²) in [4.78, 5) is 13.9. The number of Topliss-reactive ketones (excluding diaryl/α,β-unsaturated/α-hetero) is 1. The van der Waals surface area contributed by atoms with Gasteiger partial charge >= 0.3 is 0 Å². The number of carbonyl (C=O) groups excluding carboxylic acids is 1. The van der Waals surface area contributed by atoms with E-state index in [2.05, 4.69) is 0 Å². The SMILES string of the molecule is CCC(=O)c1cc2c(s1)CCCC21OCCO1. The molecule has 0 amide bonds. The molecule has 0 N–H and O–H groups in total.